The van der Waals surface area contributed by atoms with Crippen LogP contribution in [0.15, 0.2) is 115 Å². The molecule has 6 aromatic rings. The molecule has 2 fully saturated rings. The highest BCUT2D eigenvalue weighted by atomic mass is 79.9. The van der Waals surface area contributed by atoms with Crippen LogP contribution in [0.25, 0.3) is 43.8 Å². The molecule has 4 heteroatoms. The van der Waals surface area contributed by atoms with Crippen molar-refractivity contribution in [3.63, 3.8) is 0 Å². The SMILES string of the molecule is CC1CCC2(CC1)c1cc(Br)ccc1-c1c2cc(Br)c2ccccc12.CC1CCC2(CC1)c1cc(Br)ccc1-c1c2cc(Br)c2ccccc12. The third-order valence-corrected chi connectivity index (χ3v) is 15.1. The Morgan fingerprint density at radius 1 is 0.440 bits per heavy atom. The van der Waals surface area contributed by atoms with E-state index in [4.69, 9.17) is 0 Å². The van der Waals surface area contributed by atoms with E-state index in [1.54, 1.807) is 0 Å². The number of halogens is 4. The summed E-state index contributed by atoms with van der Waals surface area (Å²) in [6, 6.07) is 36.3. The van der Waals surface area contributed by atoms with Gasteiger partial charge in [0.05, 0.1) is 0 Å². The summed E-state index contributed by atoms with van der Waals surface area (Å²) in [5.41, 5.74) is 12.3. The minimum Gasteiger partial charge on any atom is -0.0625 e. The van der Waals surface area contributed by atoms with Crippen LogP contribution in [0.5, 0.6) is 0 Å². The van der Waals surface area contributed by atoms with Crippen molar-refractivity contribution in [3.8, 4) is 22.3 Å². The Morgan fingerprint density at radius 3 is 1.18 bits per heavy atom. The zero-order valence-corrected chi connectivity index (χ0v) is 34.9. The first-order chi connectivity index (χ1) is 24.2. The normalized spacial score (nSPS) is 24.5. The largest absolute Gasteiger partial charge is 0.0625 e. The second kappa shape index (κ2) is 12.7. The van der Waals surface area contributed by atoms with Gasteiger partial charge in [0.25, 0.3) is 0 Å². The molecule has 252 valence electrons. The fraction of sp³-hybridized carbons (Fsp3) is 0.304. The van der Waals surface area contributed by atoms with Gasteiger partial charge in [0.2, 0.25) is 0 Å². The number of rotatable bonds is 0. The Balaban J connectivity index is 0.000000135. The summed E-state index contributed by atoms with van der Waals surface area (Å²) in [6.45, 7) is 4.81. The molecule has 2 spiro atoms. The lowest BCUT2D eigenvalue weighted by Gasteiger charge is -2.38. The molecule has 4 aliphatic carbocycles. The number of fused-ring (bicyclic) bond motifs is 14. The van der Waals surface area contributed by atoms with Gasteiger partial charge < -0.3 is 0 Å². The van der Waals surface area contributed by atoms with E-state index in [0.29, 0.717) is 0 Å². The molecule has 2 saturated carbocycles. The summed E-state index contributed by atoms with van der Waals surface area (Å²) < 4.78 is 4.85. The predicted octanol–water partition coefficient (Wildman–Crippen LogP) is 15.7. The van der Waals surface area contributed by atoms with Crippen molar-refractivity contribution in [3.05, 3.63) is 137 Å². The first kappa shape index (κ1) is 33.6. The van der Waals surface area contributed by atoms with E-state index in [0.717, 1.165) is 11.8 Å². The summed E-state index contributed by atoms with van der Waals surface area (Å²) in [4.78, 5) is 0. The number of benzene rings is 6. The van der Waals surface area contributed by atoms with E-state index in [-0.39, 0.29) is 10.8 Å². The van der Waals surface area contributed by atoms with Crippen LogP contribution >= 0.6 is 63.7 Å². The van der Waals surface area contributed by atoms with Crippen molar-refractivity contribution in [2.45, 2.75) is 76.0 Å². The summed E-state index contributed by atoms with van der Waals surface area (Å²) in [5.74, 6) is 1.68. The fourth-order valence-corrected chi connectivity index (χ4v) is 12.0. The molecule has 4 aliphatic rings. The lowest BCUT2D eigenvalue weighted by atomic mass is 9.65. The van der Waals surface area contributed by atoms with E-state index in [1.165, 1.54) is 135 Å². The second-order valence-corrected chi connectivity index (χ2v) is 19.1. The first-order valence-electron chi connectivity index (χ1n) is 18.2. The summed E-state index contributed by atoms with van der Waals surface area (Å²) >= 11 is 15.2. The summed E-state index contributed by atoms with van der Waals surface area (Å²) in [5, 5.41) is 5.39. The molecule has 0 aromatic heterocycles. The lowest BCUT2D eigenvalue weighted by Crippen LogP contribution is -2.30. The average Bonchev–Trinajstić information content (AvgIpc) is 3.53. The highest BCUT2D eigenvalue weighted by Gasteiger charge is 2.47. The quantitative estimate of drug-likeness (QED) is 0.142. The minimum absolute atomic E-state index is 0.188. The maximum absolute atomic E-state index is 3.86. The van der Waals surface area contributed by atoms with Crippen LogP contribution in [0.1, 0.15) is 87.5 Å². The third-order valence-electron chi connectivity index (χ3n) is 12.8. The van der Waals surface area contributed by atoms with Crippen LogP contribution < -0.4 is 0 Å². The van der Waals surface area contributed by atoms with E-state index in [2.05, 4.69) is 175 Å². The molecule has 0 nitrogen and oxygen atoms in total. The highest BCUT2D eigenvalue weighted by molar-refractivity contribution is 9.11. The van der Waals surface area contributed by atoms with Crippen LogP contribution in [-0.2, 0) is 10.8 Å². The van der Waals surface area contributed by atoms with Gasteiger partial charge in [-0.2, -0.15) is 0 Å². The van der Waals surface area contributed by atoms with Gasteiger partial charge in [-0.15, -0.1) is 0 Å². The molecule has 0 amide bonds. The van der Waals surface area contributed by atoms with Gasteiger partial charge in [0.15, 0.2) is 0 Å². The topological polar surface area (TPSA) is 0 Å². The Morgan fingerprint density at radius 2 is 0.800 bits per heavy atom. The molecule has 0 aliphatic heterocycles. The molecular weight excluding hydrogens is 872 g/mol. The van der Waals surface area contributed by atoms with Crippen LogP contribution in [0.2, 0.25) is 0 Å². The van der Waals surface area contributed by atoms with E-state index >= 15 is 0 Å². The number of hydrogen-bond donors (Lipinski definition) is 0. The Bertz CT molecular complexity index is 2150. The van der Waals surface area contributed by atoms with Gasteiger partial charge in [0, 0.05) is 28.7 Å². The molecular formula is C46H40Br4. The lowest BCUT2D eigenvalue weighted by molar-refractivity contribution is 0.285. The van der Waals surface area contributed by atoms with Crippen molar-refractivity contribution < 1.29 is 0 Å². The van der Waals surface area contributed by atoms with Gasteiger partial charge in [-0.1, -0.05) is 138 Å². The van der Waals surface area contributed by atoms with Gasteiger partial charge in [0.1, 0.15) is 0 Å². The molecule has 0 heterocycles. The summed E-state index contributed by atoms with van der Waals surface area (Å²) in [6.07, 6.45) is 10.3. The minimum atomic E-state index is 0.188. The first-order valence-corrected chi connectivity index (χ1v) is 21.4. The smallest absolute Gasteiger partial charge is 0.0257 e. The summed E-state index contributed by atoms with van der Waals surface area (Å²) in [7, 11) is 0. The predicted molar refractivity (Wildman–Crippen MR) is 226 cm³/mol. The van der Waals surface area contributed by atoms with Crippen LogP contribution in [0, 0.1) is 11.8 Å². The Labute approximate surface area is 330 Å². The zero-order chi connectivity index (χ0) is 34.4. The molecule has 6 aromatic carbocycles. The number of hydrogen-bond acceptors (Lipinski definition) is 0. The molecule has 0 atom stereocenters. The van der Waals surface area contributed by atoms with E-state index in [1.807, 2.05) is 0 Å². The molecule has 0 radical (unpaired) electrons. The van der Waals surface area contributed by atoms with E-state index < -0.39 is 0 Å². The van der Waals surface area contributed by atoms with Gasteiger partial charge >= 0.3 is 0 Å². The van der Waals surface area contributed by atoms with Crippen LogP contribution in [0.3, 0.4) is 0 Å². The zero-order valence-electron chi connectivity index (χ0n) is 28.6. The van der Waals surface area contributed by atoms with Gasteiger partial charge in [-0.05, 0) is 166 Å². The van der Waals surface area contributed by atoms with Crippen LogP contribution in [0.4, 0.5) is 0 Å². The van der Waals surface area contributed by atoms with Crippen molar-refractivity contribution in [1.82, 2.24) is 0 Å². The molecule has 0 bridgehead atoms. The third kappa shape index (κ3) is 5.12. The standard InChI is InChI=1S/2C23H20Br2/c2*1-14-8-10-23(11-9-14)19-12-15(24)6-7-18(19)22-17-5-3-2-4-16(17)21(25)13-20(22)23/h2*2-7,12-14H,8-11H2,1H3. The van der Waals surface area contributed by atoms with E-state index in [9.17, 15) is 0 Å². The van der Waals surface area contributed by atoms with Gasteiger partial charge in [-0.3, -0.25) is 0 Å². The molecule has 10 rings (SSSR count). The maximum Gasteiger partial charge on any atom is 0.0257 e. The Hall–Kier alpha value is -2.24. The molecule has 0 N–H and O–H groups in total. The monoisotopic (exact) mass is 908 g/mol. The average molecular weight is 912 g/mol. The fourth-order valence-electron chi connectivity index (χ4n) is 10.1. The van der Waals surface area contributed by atoms with Crippen molar-refractivity contribution in [2.75, 3.05) is 0 Å². The van der Waals surface area contributed by atoms with Crippen molar-refractivity contribution >= 4 is 85.3 Å². The highest BCUT2D eigenvalue weighted by Crippen LogP contribution is 2.60. The van der Waals surface area contributed by atoms with Crippen molar-refractivity contribution in [2.24, 2.45) is 11.8 Å². The maximum atomic E-state index is 3.86. The Kier molecular flexibility index (Phi) is 8.54. The van der Waals surface area contributed by atoms with Gasteiger partial charge in [-0.25, -0.2) is 0 Å². The molecule has 50 heavy (non-hydrogen) atoms. The molecule has 0 saturated heterocycles. The molecule has 0 unspecified atom stereocenters. The second-order valence-electron chi connectivity index (χ2n) is 15.6. The van der Waals surface area contributed by atoms with Crippen LogP contribution in [-0.4, -0.2) is 0 Å². The van der Waals surface area contributed by atoms with Crippen molar-refractivity contribution in [1.29, 1.82) is 0 Å².